The highest BCUT2D eigenvalue weighted by Gasteiger charge is 2.28. The van der Waals surface area contributed by atoms with E-state index in [1.807, 2.05) is 6.07 Å². The predicted molar refractivity (Wildman–Crippen MR) is 71.0 cm³/mol. The zero-order valence-corrected chi connectivity index (χ0v) is 10.7. The zero-order chi connectivity index (χ0) is 12.1. The second-order valence-corrected chi connectivity index (χ2v) is 5.51. The second kappa shape index (κ2) is 5.65. The summed E-state index contributed by atoms with van der Waals surface area (Å²) in [6, 6.07) is 11.0. The van der Waals surface area contributed by atoms with Crippen LogP contribution in [-0.4, -0.2) is 23.3 Å². The van der Waals surface area contributed by atoms with Crippen LogP contribution in [0.5, 0.6) is 0 Å². The van der Waals surface area contributed by atoms with Gasteiger partial charge in [-0.1, -0.05) is 43.2 Å². The number of hydrogen-bond acceptors (Lipinski definition) is 2. The summed E-state index contributed by atoms with van der Waals surface area (Å²) < 4.78 is 0. The third-order valence-electron chi connectivity index (χ3n) is 3.69. The maximum atomic E-state index is 9.64. The molecule has 17 heavy (non-hydrogen) atoms. The molecule has 1 aromatic rings. The Morgan fingerprint density at radius 1 is 1.24 bits per heavy atom. The third kappa shape index (κ3) is 3.55. The summed E-state index contributed by atoms with van der Waals surface area (Å²) in [6.45, 7) is 2.32. The van der Waals surface area contributed by atoms with Crippen molar-refractivity contribution in [2.45, 2.75) is 50.6 Å². The van der Waals surface area contributed by atoms with Gasteiger partial charge in [-0.15, -0.1) is 0 Å². The minimum absolute atomic E-state index is 0.184. The Balaban J connectivity index is 1.98. The molecule has 2 N–H and O–H groups in total. The van der Waals surface area contributed by atoms with E-state index < -0.39 is 0 Å². The van der Waals surface area contributed by atoms with Gasteiger partial charge in [-0.05, 0) is 31.7 Å². The second-order valence-electron chi connectivity index (χ2n) is 5.51. The maximum Gasteiger partial charge on any atom is 0.0613 e. The van der Waals surface area contributed by atoms with E-state index in [-0.39, 0.29) is 12.1 Å². The van der Waals surface area contributed by atoms with Crippen LogP contribution >= 0.6 is 0 Å². The molecule has 0 amide bonds. The van der Waals surface area contributed by atoms with Crippen LogP contribution in [0.2, 0.25) is 0 Å². The van der Waals surface area contributed by atoms with Gasteiger partial charge in [-0.25, -0.2) is 0 Å². The Hall–Kier alpha value is -0.860. The molecule has 0 radical (unpaired) electrons. The Morgan fingerprint density at radius 3 is 2.47 bits per heavy atom. The van der Waals surface area contributed by atoms with E-state index >= 15 is 0 Å². The molecule has 0 aromatic heterocycles. The van der Waals surface area contributed by atoms with Crippen molar-refractivity contribution in [3.05, 3.63) is 35.9 Å². The van der Waals surface area contributed by atoms with Gasteiger partial charge in [0.2, 0.25) is 0 Å². The molecule has 0 aliphatic heterocycles. The maximum absolute atomic E-state index is 9.64. The highest BCUT2D eigenvalue weighted by atomic mass is 16.3. The standard InChI is InChI=1S/C15H23NO/c1-15(12-17,16-14-9-5-6-10-14)11-13-7-3-2-4-8-13/h2-4,7-8,14,16-17H,5-6,9-12H2,1H3. The fourth-order valence-electron chi connectivity index (χ4n) is 2.76. The third-order valence-corrected chi connectivity index (χ3v) is 3.69. The number of rotatable bonds is 5. The van der Waals surface area contributed by atoms with E-state index in [1.165, 1.54) is 31.2 Å². The van der Waals surface area contributed by atoms with E-state index in [2.05, 4.69) is 36.5 Å². The first-order valence-electron chi connectivity index (χ1n) is 6.64. The lowest BCUT2D eigenvalue weighted by molar-refractivity contribution is 0.160. The van der Waals surface area contributed by atoms with Crippen LogP contribution < -0.4 is 5.32 Å². The summed E-state index contributed by atoms with van der Waals surface area (Å²) in [6.07, 6.45) is 6.05. The summed E-state index contributed by atoms with van der Waals surface area (Å²) >= 11 is 0. The van der Waals surface area contributed by atoms with Crippen LogP contribution in [-0.2, 0) is 6.42 Å². The molecule has 2 rings (SSSR count). The highest BCUT2D eigenvalue weighted by Crippen LogP contribution is 2.22. The predicted octanol–water partition coefficient (Wildman–Crippen LogP) is 2.51. The van der Waals surface area contributed by atoms with Gasteiger partial charge in [0.1, 0.15) is 0 Å². The van der Waals surface area contributed by atoms with Crippen molar-refractivity contribution in [2.75, 3.05) is 6.61 Å². The molecule has 1 atom stereocenters. The van der Waals surface area contributed by atoms with E-state index in [0.717, 1.165) is 6.42 Å². The molecular weight excluding hydrogens is 210 g/mol. The molecule has 2 nitrogen and oxygen atoms in total. The van der Waals surface area contributed by atoms with Crippen molar-refractivity contribution in [2.24, 2.45) is 0 Å². The number of hydrogen-bond donors (Lipinski definition) is 2. The van der Waals surface area contributed by atoms with Crippen molar-refractivity contribution in [1.82, 2.24) is 5.32 Å². The molecule has 0 spiro atoms. The molecule has 94 valence electrons. The number of benzene rings is 1. The van der Waals surface area contributed by atoms with Crippen molar-refractivity contribution < 1.29 is 5.11 Å². The zero-order valence-electron chi connectivity index (χ0n) is 10.7. The number of aliphatic hydroxyl groups excluding tert-OH is 1. The Morgan fingerprint density at radius 2 is 1.88 bits per heavy atom. The van der Waals surface area contributed by atoms with Crippen LogP contribution in [0.1, 0.15) is 38.2 Å². The topological polar surface area (TPSA) is 32.3 Å². The number of aliphatic hydroxyl groups is 1. The molecule has 1 aromatic carbocycles. The van der Waals surface area contributed by atoms with E-state index in [1.54, 1.807) is 0 Å². The largest absolute Gasteiger partial charge is 0.394 e. The van der Waals surface area contributed by atoms with Crippen molar-refractivity contribution in [1.29, 1.82) is 0 Å². The van der Waals surface area contributed by atoms with Crippen LogP contribution in [0, 0.1) is 0 Å². The average Bonchev–Trinajstić information content (AvgIpc) is 2.83. The first-order valence-corrected chi connectivity index (χ1v) is 6.64. The molecule has 0 saturated heterocycles. The summed E-state index contributed by atoms with van der Waals surface area (Å²) in [5.41, 5.74) is 1.10. The van der Waals surface area contributed by atoms with Crippen molar-refractivity contribution in [3.8, 4) is 0 Å². The van der Waals surface area contributed by atoms with Crippen LogP contribution in [0.15, 0.2) is 30.3 Å². The minimum Gasteiger partial charge on any atom is -0.394 e. The molecule has 1 unspecified atom stereocenters. The van der Waals surface area contributed by atoms with Gasteiger partial charge in [0.05, 0.1) is 6.61 Å². The van der Waals surface area contributed by atoms with Gasteiger partial charge in [0, 0.05) is 11.6 Å². The first-order chi connectivity index (χ1) is 8.22. The molecular formula is C15H23NO. The summed E-state index contributed by atoms with van der Waals surface area (Å²) in [5, 5.41) is 13.3. The van der Waals surface area contributed by atoms with Crippen molar-refractivity contribution in [3.63, 3.8) is 0 Å². The van der Waals surface area contributed by atoms with Gasteiger partial charge in [0.15, 0.2) is 0 Å². The lowest BCUT2D eigenvalue weighted by Gasteiger charge is -2.32. The molecule has 0 bridgehead atoms. The lowest BCUT2D eigenvalue weighted by Crippen LogP contribution is -2.51. The molecule has 1 fully saturated rings. The smallest absolute Gasteiger partial charge is 0.0613 e. The van der Waals surface area contributed by atoms with Gasteiger partial charge in [-0.2, -0.15) is 0 Å². The molecule has 2 heteroatoms. The molecule has 1 aliphatic carbocycles. The number of nitrogens with one attached hydrogen (secondary N) is 1. The highest BCUT2D eigenvalue weighted by molar-refractivity contribution is 5.17. The summed E-state index contributed by atoms with van der Waals surface area (Å²) in [4.78, 5) is 0. The summed E-state index contributed by atoms with van der Waals surface area (Å²) in [7, 11) is 0. The lowest BCUT2D eigenvalue weighted by atomic mass is 9.92. The van der Waals surface area contributed by atoms with E-state index in [0.29, 0.717) is 6.04 Å². The Bertz CT molecular complexity index is 332. The van der Waals surface area contributed by atoms with E-state index in [9.17, 15) is 5.11 Å². The quantitative estimate of drug-likeness (QED) is 0.819. The minimum atomic E-state index is -0.184. The molecule has 0 heterocycles. The van der Waals surface area contributed by atoms with E-state index in [4.69, 9.17) is 0 Å². The van der Waals surface area contributed by atoms with Crippen molar-refractivity contribution >= 4 is 0 Å². The SMILES string of the molecule is CC(CO)(Cc1ccccc1)NC1CCCC1. The first kappa shape index (κ1) is 12.6. The molecule has 1 aliphatic rings. The Labute approximate surface area is 104 Å². The average molecular weight is 233 g/mol. The van der Waals surface area contributed by atoms with Crippen LogP contribution in [0.4, 0.5) is 0 Å². The van der Waals surface area contributed by atoms with Crippen LogP contribution in [0.25, 0.3) is 0 Å². The summed E-state index contributed by atoms with van der Waals surface area (Å²) in [5.74, 6) is 0. The van der Waals surface area contributed by atoms with Gasteiger partial charge >= 0.3 is 0 Å². The monoisotopic (exact) mass is 233 g/mol. The van der Waals surface area contributed by atoms with Crippen LogP contribution in [0.3, 0.4) is 0 Å². The normalized spacial score (nSPS) is 20.4. The van der Waals surface area contributed by atoms with Gasteiger partial charge in [-0.3, -0.25) is 0 Å². The van der Waals surface area contributed by atoms with Gasteiger partial charge < -0.3 is 10.4 Å². The fourth-order valence-corrected chi connectivity index (χ4v) is 2.76. The van der Waals surface area contributed by atoms with Gasteiger partial charge in [0.25, 0.3) is 0 Å². The Kier molecular flexibility index (Phi) is 4.19. The molecule has 1 saturated carbocycles. The fraction of sp³-hybridized carbons (Fsp3) is 0.600.